The van der Waals surface area contributed by atoms with E-state index in [0.717, 1.165) is 0 Å². The van der Waals surface area contributed by atoms with Gasteiger partial charge in [0.1, 0.15) is 0 Å². The Morgan fingerprint density at radius 3 is 1.64 bits per heavy atom. The van der Waals surface area contributed by atoms with Gasteiger partial charge in [-0.2, -0.15) is 0 Å². The van der Waals surface area contributed by atoms with Crippen molar-refractivity contribution in [2.45, 2.75) is 52.8 Å². The minimum Gasteiger partial charge on any atom is -0.0673 e. The third-order valence-electron chi connectivity index (χ3n) is 3.33. The molecule has 0 amide bonds. The van der Waals surface area contributed by atoms with Gasteiger partial charge in [0.05, 0.1) is 7.85 Å². The molecule has 0 spiro atoms. The van der Waals surface area contributed by atoms with E-state index < -0.39 is 0 Å². The topological polar surface area (TPSA) is 0 Å². The molecule has 0 N–H and O–H groups in total. The molecule has 0 aromatic heterocycles. The summed E-state index contributed by atoms with van der Waals surface area (Å²) >= 11 is 0. The smallest absolute Gasteiger partial charge is 0.0673 e. The molecule has 0 bridgehead atoms. The van der Waals surface area contributed by atoms with Gasteiger partial charge in [-0.05, 0) is 23.7 Å². The molecule has 1 saturated carbocycles. The zero-order valence-corrected chi connectivity index (χ0v) is 8.28. The lowest BCUT2D eigenvalue weighted by Gasteiger charge is -2.48. The molecule has 1 aliphatic carbocycles. The van der Waals surface area contributed by atoms with Crippen LogP contribution < -0.4 is 0 Å². The van der Waals surface area contributed by atoms with Gasteiger partial charge in [0.25, 0.3) is 0 Å². The predicted molar refractivity (Wildman–Crippen MR) is 50.9 cm³/mol. The fraction of sp³-hybridized carbons (Fsp3) is 1.00. The van der Waals surface area contributed by atoms with Gasteiger partial charge < -0.3 is 0 Å². The summed E-state index contributed by atoms with van der Waals surface area (Å²) in [5.74, 6) is 0.365. The van der Waals surface area contributed by atoms with Crippen molar-refractivity contribution < 1.29 is 0 Å². The van der Waals surface area contributed by atoms with Crippen LogP contribution in [-0.4, -0.2) is 7.85 Å². The van der Waals surface area contributed by atoms with Crippen molar-refractivity contribution in [3.63, 3.8) is 0 Å². The minimum atomic E-state index is 0.349. The van der Waals surface area contributed by atoms with E-state index >= 15 is 0 Å². The Kier molecular flexibility index (Phi) is 2.11. The van der Waals surface area contributed by atoms with Crippen LogP contribution in [0.5, 0.6) is 0 Å². The number of rotatable bonds is 0. The first kappa shape index (κ1) is 9.16. The first-order valence-electron chi connectivity index (χ1n) is 4.62. The van der Waals surface area contributed by atoms with E-state index in [1.54, 1.807) is 0 Å². The fourth-order valence-corrected chi connectivity index (χ4v) is 2.37. The van der Waals surface area contributed by atoms with E-state index in [1.165, 1.54) is 19.3 Å². The quantitative estimate of drug-likeness (QED) is 0.465. The standard InChI is InChI=1S/C10H19B/c1-9(2)6-5-7-10(3,4)8(9)11/h8H,5-7H2,1-4H3. The highest BCUT2D eigenvalue weighted by Crippen LogP contribution is 2.52. The Balaban J connectivity index is 2.76. The molecule has 1 fully saturated rings. The van der Waals surface area contributed by atoms with Crippen molar-refractivity contribution in [1.29, 1.82) is 0 Å². The highest BCUT2D eigenvalue weighted by molar-refractivity contribution is 6.12. The van der Waals surface area contributed by atoms with Crippen LogP contribution in [0.3, 0.4) is 0 Å². The van der Waals surface area contributed by atoms with Gasteiger partial charge >= 0.3 is 0 Å². The predicted octanol–water partition coefficient (Wildman–Crippen LogP) is 3.18. The van der Waals surface area contributed by atoms with Crippen LogP contribution in [-0.2, 0) is 0 Å². The van der Waals surface area contributed by atoms with Gasteiger partial charge in [-0.3, -0.25) is 0 Å². The molecule has 1 heteroatoms. The van der Waals surface area contributed by atoms with Gasteiger partial charge in [-0.15, -0.1) is 0 Å². The van der Waals surface area contributed by atoms with Crippen LogP contribution in [0.1, 0.15) is 47.0 Å². The second-order valence-corrected chi connectivity index (χ2v) is 5.31. The molecule has 0 aromatic rings. The van der Waals surface area contributed by atoms with Gasteiger partial charge in [0.15, 0.2) is 0 Å². The molecule has 0 unspecified atom stereocenters. The normalized spacial score (nSPS) is 30.2. The first-order valence-corrected chi connectivity index (χ1v) is 4.62. The SMILES string of the molecule is [B]C1C(C)(C)CCCC1(C)C. The second kappa shape index (κ2) is 2.53. The molecule has 0 nitrogen and oxygen atoms in total. The molecule has 0 aromatic carbocycles. The maximum Gasteiger partial charge on any atom is 0.0714 e. The minimum absolute atomic E-state index is 0.349. The van der Waals surface area contributed by atoms with Gasteiger partial charge in [0.2, 0.25) is 0 Å². The Morgan fingerprint density at radius 2 is 1.36 bits per heavy atom. The maximum atomic E-state index is 6.19. The lowest BCUT2D eigenvalue weighted by atomic mass is 9.50. The molecule has 0 aliphatic heterocycles. The van der Waals surface area contributed by atoms with Gasteiger partial charge in [-0.1, -0.05) is 39.9 Å². The molecule has 2 radical (unpaired) electrons. The van der Waals surface area contributed by atoms with Crippen LogP contribution in [0.15, 0.2) is 0 Å². The number of hydrogen-bond donors (Lipinski definition) is 0. The van der Waals surface area contributed by atoms with Crippen LogP contribution in [0.2, 0.25) is 5.82 Å². The summed E-state index contributed by atoms with van der Waals surface area (Å²) in [5, 5.41) is 0. The van der Waals surface area contributed by atoms with Crippen LogP contribution in [0.25, 0.3) is 0 Å². The van der Waals surface area contributed by atoms with Crippen LogP contribution in [0, 0.1) is 10.8 Å². The Labute approximate surface area is 72.2 Å². The third kappa shape index (κ3) is 1.63. The van der Waals surface area contributed by atoms with Crippen molar-refractivity contribution >= 4 is 7.85 Å². The summed E-state index contributed by atoms with van der Waals surface area (Å²) in [6, 6.07) is 0. The molecule has 11 heavy (non-hydrogen) atoms. The largest absolute Gasteiger partial charge is 0.0714 e. The molecule has 0 saturated heterocycles. The van der Waals surface area contributed by atoms with E-state index in [1.807, 2.05) is 0 Å². The van der Waals surface area contributed by atoms with E-state index in [4.69, 9.17) is 7.85 Å². The highest BCUT2D eigenvalue weighted by atomic mass is 14.4. The number of hydrogen-bond acceptors (Lipinski definition) is 0. The summed E-state index contributed by atoms with van der Waals surface area (Å²) in [4.78, 5) is 0. The molecular weight excluding hydrogens is 131 g/mol. The highest BCUT2D eigenvalue weighted by Gasteiger charge is 2.39. The fourth-order valence-electron chi connectivity index (χ4n) is 2.37. The average molecular weight is 150 g/mol. The van der Waals surface area contributed by atoms with Crippen molar-refractivity contribution in [1.82, 2.24) is 0 Å². The van der Waals surface area contributed by atoms with E-state index in [9.17, 15) is 0 Å². The van der Waals surface area contributed by atoms with Crippen molar-refractivity contribution in [2.75, 3.05) is 0 Å². The summed E-state index contributed by atoms with van der Waals surface area (Å²) < 4.78 is 0. The maximum absolute atomic E-state index is 6.19. The summed E-state index contributed by atoms with van der Waals surface area (Å²) in [5.41, 5.74) is 0.698. The monoisotopic (exact) mass is 150 g/mol. The van der Waals surface area contributed by atoms with Crippen molar-refractivity contribution in [3.05, 3.63) is 0 Å². The lowest BCUT2D eigenvalue weighted by molar-refractivity contribution is 0.118. The zero-order valence-electron chi connectivity index (χ0n) is 8.28. The van der Waals surface area contributed by atoms with Crippen LogP contribution >= 0.6 is 0 Å². The lowest BCUT2D eigenvalue weighted by Crippen LogP contribution is -2.35. The summed E-state index contributed by atoms with van der Waals surface area (Å²) in [6.45, 7) is 9.16. The Hall–Kier alpha value is 0.0649. The summed E-state index contributed by atoms with van der Waals surface area (Å²) in [6.07, 6.45) is 3.92. The molecular formula is C10H19B. The summed E-state index contributed by atoms with van der Waals surface area (Å²) in [7, 11) is 6.19. The van der Waals surface area contributed by atoms with E-state index in [0.29, 0.717) is 16.6 Å². The molecule has 1 aliphatic rings. The average Bonchev–Trinajstić information content (AvgIpc) is 1.82. The van der Waals surface area contributed by atoms with Gasteiger partial charge in [0, 0.05) is 0 Å². The van der Waals surface area contributed by atoms with Gasteiger partial charge in [-0.25, -0.2) is 0 Å². The Morgan fingerprint density at radius 1 is 1.00 bits per heavy atom. The molecule has 0 heterocycles. The third-order valence-corrected chi connectivity index (χ3v) is 3.33. The molecule has 0 atom stereocenters. The van der Waals surface area contributed by atoms with Crippen molar-refractivity contribution in [2.24, 2.45) is 10.8 Å². The van der Waals surface area contributed by atoms with E-state index in [-0.39, 0.29) is 0 Å². The van der Waals surface area contributed by atoms with Crippen LogP contribution in [0.4, 0.5) is 0 Å². The first-order chi connectivity index (χ1) is 4.86. The van der Waals surface area contributed by atoms with E-state index in [2.05, 4.69) is 27.7 Å². The Bertz CT molecular complexity index is 131. The molecule has 62 valence electrons. The molecule has 1 rings (SSSR count). The second-order valence-electron chi connectivity index (χ2n) is 5.31. The van der Waals surface area contributed by atoms with Crippen molar-refractivity contribution in [3.8, 4) is 0 Å². The zero-order chi connectivity index (χ0) is 8.70.